The molecule has 0 saturated heterocycles. The number of benzene rings is 4. The third-order valence-corrected chi connectivity index (χ3v) is 12.9. The number of carbonyl (C=O) groups excluding carboxylic acids is 2. The lowest BCUT2D eigenvalue weighted by Gasteiger charge is -2.60. The summed E-state index contributed by atoms with van der Waals surface area (Å²) >= 11 is 0. The number of carbonyl (C=O) groups is 2. The molecule has 0 spiro atoms. The number of hydrogen-bond donors (Lipinski definition) is 2. The van der Waals surface area contributed by atoms with Gasteiger partial charge in [-0.05, 0) is 103 Å². The third kappa shape index (κ3) is 8.25. The Morgan fingerprint density at radius 1 is 0.950 bits per heavy atom. The van der Waals surface area contributed by atoms with Crippen molar-refractivity contribution in [3.8, 4) is 17.2 Å². The predicted octanol–water partition coefficient (Wildman–Crippen LogP) is 9.15. The highest BCUT2D eigenvalue weighted by Gasteiger charge is 2.66. The molecular formula is C50H56N2O8. The highest BCUT2D eigenvalue weighted by Crippen LogP contribution is 2.62. The van der Waals surface area contributed by atoms with Crippen LogP contribution in [-0.4, -0.2) is 71.8 Å². The fourth-order valence-corrected chi connectivity index (χ4v) is 10.1. The largest absolute Gasteiger partial charge is 0.459 e. The topological polar surface area (TPSA) is 127 Å². The highest BCUT2D eigenvalue weighted by molar-refractivity contribution is 6.03. The number of oxime groups is 1. The molecule has 1 heterocycles. The Labute approximate surface area is 352 Å². The normalized spacial score (nSPS) is 24.8. The van der Waals surface area contributed by atoms with Crippen LogP contribution in [0.4, 0.5) is 0 Å². The van der Waals surface area contributed by atoms with Gasteiger partial charge in [0.15, 0.2) is 0 Å². The average Bonchev–Trinajstić information content (AvgIpc) is 4.13. The second kappa shape index (κ2) is 18.5. The molecule has 10 nitrogen and oxygen atoms in total. The van der Waals surface area contributed by atoms with Gasteiger partial charge in [-0.25, -0.2) is 0 Å². The molecule has 2 saturated carbocycles. The maximum absolute atomic E-state index is 14.9. The summed E-state index contributed by atoms with van der Waals surface area (Å²) in [6.07, 6.45) is 11.6. The predicted molar refractivity (Wildman–Crippen MR) is 231 cm³/mol. The quantitative estimate of drug-likeness (QED) is 0.0416. The van der Waals surface area contributed by atoms with Crippen molar-refractivity contribution in [1.29, 1.82) is 0 Å². The monoisotopic (exact) mass is 812 g/mol. The van der Waals surface area contributed by atoms with E-state index in [4.69, 9.17) is 24.2 Å². The van der Waals surface area contributed by atoms with Gasteiger partial charge in [-0.3, -0.25) is 9.59 Å². The zero-order valence-corrected chi connectivity index (χ0v) is 34.4. The number of rotatable bonds is 19. The summed E-state index contributed by atoms with van der Waals surface area (Å²) in [7, 11) is 1.56. The van der Waals surface area contributed by atoms with Crippen LogP contribution in [0.3, 0.4) is 0 Å². The van der Waals surface area contributed by atoms with Crippen molar-refractivity contribution in [2.24, 2.45) is 28.8 Å². The van der Waals surface area contributed by atoms with Gasteiger partial charge in [0.1, 0.15) is 36.7 Å². The van der Waals surface area contributed by atoms with E-state index in [0.29, 0.717) is 48.6 Å². The summed E-state index contributed by atoms with van der Waals surface area (Å²) in [6, 6.07) is 26.9. The molecule has 2 fully saturated rings. The molecule has 2 N–H and O–H groups in total. The minimum absolute atomic E-state index is 0.0696. The van der Waals surface area contributed by atoms with E-state index in [9.17, 15) is 19.8 Å². The number of nitrogens with zero attached hydrogens (tertiary/aromatic N) is 2. The summed E-state index contributed by atoms with van der Waals surface area (Å²) in [5.74, 6) is -0.0343. The molecular weight excluding hydrogens is 757 g/mol. The Balaban J connectivity index is 1.33. The lowest BCUT2D eigenvalue weighted by molar-refractivity contribution is -0.258. The maximum atomic E-state index is 14.9. The lowest BCUT2D eigenvalue weighted by Crippen LogP contribution is -2.70. The Morgan fingerprint density at radius 3 is 2.48 bits per heavy atom. The smallest absolute Gasteiger partial charge is 0.239 e. The minimum atomic E-state index is -1.36. The van der Waals surface area contributed by atoms with Crippen molar-refractivity contribution in [1.82, 2.24) is 4.90 Å². The molecule has 10 heteroatoms. The molecule has 60 heavy (non-hydrogen) atoms. The van der Waals surface area contributed by atoms with Gasteiger partial charge in [-0.2, -0.15) is 0 Å². The maximum Gasteiger partial charge on any atom is 0.239 e. The molecule has 0 bridgehead atoms. The van der Waals surface area contributed by atoms with Gasteiger partial charge in [0, 0.05) is 49.1 Å². The van der Waals surface area contributed by atoms with Crippen LogP contribution in [-0.2, 0) is 20.9 Å². The van der Waals surface area contributed by atoms with Gasteiger partial charge < -0.3 is 34.2 Å². The summed E-state index contributed by atoms with van der Waals surface area (Å²) in [6.45, 7) is 4.81. The first kappa shape index (κ1) is 41.4. The van der Waals surface area contributed by atoms with E-state index in [1.54, 1.807) is 31.4 Å². The van der Waals surface area contributed by atoms with Crippen LogP contribution in [0.5, 0.6) is 17.2 Å². The van der Waals surface area contributed by atoms with Crippen LogP contribution in [0.1, 0.15) is 85.2 Å². The zero-order valence-electron chi connectivity index (χ0n) is 34.4. The SMILES string of the molecule is C=CCOC12Oc3ccc(Oc4cccc(C=O)c4)cc3C3C(CCCCO)C(CCCCO)C=C(C(=NOC)CC1N(Cc1cccc4ccccc14)C(=O)C1CC1)C32. The molecule has 0 aromatic heterocycles. The number of unbranched alkanes of at least 4 members (excludes halogenated alkanes) is 2. The van der Waals surface area contributed by atoms with Crippen molar-refractivity contribution in [2.75, 3.05) is 26.9 Å². The van der Waals surface area contributed by atoms with Gasteiger partial charge in [0.25, 0.3) is 0 Å². The van der Waals surface area contributed by atoms with Crippen molar-refractivity contribution < 1.29 is 38.9 Å². The molecule has 0 radical (unpaired) electrons. The van der Waals surface area contributed by atoms with Crippen LogP contribution in [0.15, 0.2) is 114 Å². The molecule has 8 rings (SSSR count). The van der Waals surface area contributed by atoms with E-state index in [1.165, 1.54) is 0 Å². The van der Waals surface area contributed by atoms with Crippen LogP contribution in [0, 0.1) is 23.7 Å². The molecule has 314 valence electrons. The van der Waals surface area contributed by atoms with Crippen molar-refractivity contribution >= 4 is 28.7 Å². The summed E-state index contributed by atoms with van der Waals surface area (Å²) in [5.41, 5.74) is 4.25. The molecule has 6 unspecified atom stereocenters. The van der Waals surface area contributed by atoms with Gasteiger partial charge in [0.2, 0.25) is 11.7 Å². The summed E-state index contributed by atoms with van der Waals surface area (Å²) < 4.78 is 21.0. The van der Waals surface area contributed by atoms with E-state index in [-0.39, 0.29) is 49.4 Å². The number of hydrogen-bond acceptors (Lipinski definition) is 9. The van der Waals surface area contributed by atoms with Crippen molar-refractivity contribution in [2.45, 2.75) is 82.1 Å². The number of fused-ring (bicyclic) bond motifs is 3. The standard InChI is InChI=1S/C50H56N2O8/c1-3-26-58-50-46(52(49(56)35-20-21-35)31-37-16-11-15-34-13-4-5-18-40(34)37)30-44(51-57-2)42-28-36(14-6-8-24-53)41(19-7-9-25-54)47(48(42)50)43-29-39(22-23-45(43)60-50)59-38-17-10-12-33(27-38)32-55/h3-5,10-13,15-18,22-23,27-29,32,35-36,41,46-48,53-54H,1,6-9,14,19-21,24-26,30-31H2,2H3. The number of aldehydes is 1. The molecule has 4 aromatic carbocycles. The summed E-state index contributed by atoms with van der Waals surface area (Å²) in [4.78, 5) is 34.2. The van der Waals surface area contributed by atoms with E-state index in [0.717, 1.165) is 78.0 Å². The summed E-state index contributed by atoms with van der Waals surface area (Å²) in [5, 5.41) is 26.8. The van der Waals surface area contributed by atoms with Crippen LogP contribution >= 0.6 is 0 Å². The van der Waals surface area contributed by atoms with Gasteiger partial charge in [-0.1, -0.05) is 84.7 Å². The van der Waals surface area contributed by atoms with Crippen LogP contribution in [0.25, 0.3) is 10.8 Å². The van der Waals surface area contributed by atoms with Crippen LogP contribution in [0.2, 0.25) is 0 Å². The number of amides is 1. The van der Waals surface area contributed by atoms with E-state index in [1.807, 2.05) is 41.3 Å². The first-order valence-electron chi connectivity index (χ1n) is 21.5. The third-order valence-electron chi connectivity index (χ3n) is 12.9. The first-order valence-corrected chi connectivity index (χ1v) is 21.5. The molecule has 4 aromatic rings. The molecule has 3 aliphatic carbocycles. The average molecular weight is 813 g/mol. The lowest BCUT2D eigenvalue weighted by atomic mass is 9.55. The number of ether oxygens (including phenoxy) is 3. The van der Waals surface area contributed by atoms with Gasteiger partial charge in [0.05, 0.1) is 18.2 Å². The Hall–Kier alpha value is -5.29. The van der Waals surface area contributed by atoms with Crippen molar-refractivity contribution in [3.05, 3.63) is 126 Å². The molecule has 1 amide bonds. The van der Waals surface area contributed by atoms with E-state index in [2.05, 4.69) is 43.0 Å². The fourth-order valence-electron chi connectivity index (χ4n) is 10.1. The number of aliphatic hydroxyl groups is 2. The number of allylic oxidation sites excluding steroid dienone is 1. The number of aliphatic hydroxyl groups excluding tert-OH is 2. The first-order chi connectivity index (χ1) is 29.4. The van der Waals surface area contributed by atoms with E-state index >= 15 is 0 Å². The van der Waals surface area contributed by atoms with E-state index < -0.39 is 17.7 Å². The van der Waals surface area contributed by atoms with Crippen molar-refractivity contribution in [3.63, 3.8) is 0 Å². The highest BCUT2D eigenvalue weighted by atomic mass is 16.7. The minimum Gasteiger partial charge on any atom is -0.459 e. The molecule has 1 aliphatic heterocycles. The molecule has 4 aliphatic rings. The zero-order chi connectivity index (χ0) is 41.6. The fraction of sp³-hybridized carbons (Fsp3) is 0.420. The Bertz CT molecular complexity index is 2240. The molecule has 6 atom stereocenters. The second-order valence-electron chi connectivity index (χ2n) is 16.6. The van der Waals surface area contributed by atoms with Gasteiger partial charge >= 0.3 is 0 Å². The van der Waals surface area contributed by atoms with Crippen LogP contribution < -0.4 is 9.47 Å². The Kier molecular flexibility index (Phi) is 12.8. The second-order valence-corrected chi connectivity index (χ2v) is 16.6. The van der Waals surface area contributed by atoms with Gasteiger partial charge in [-0.15, -0.1) is 6.58 Å². The Morgan fingerprint density at radius 2 is 1.72 bits per heavy atom.